The van der Waals surface area contributed by atoms with Crippen LogP contribution in [0.5, 0.6) is 0 Å². The van der Waals surface area contributed by atoms with Crippen LogP contribution < -0.4 is 0 Å². The first kappa shape index (κ1) is 15.5. The summed E-state index contributed by atoms with van der Waals surface area (Å²) in [6.07, 6.45) is 0. The number of rotatable bonds is 0. The molecular weight excluding hydrogens is 322 g/mol. The number of hydrogen-bond donors (Lipinski definition) is 0. The largest absolute Gasteiger partial charge is 0.204 e. The van der Waals surface area contributed by atoms with E-state index in [0.717, 1.165) is 21.6 Å². The number of halogens is 2. The molecule has 0 saturated carbocycles. The van der Waals surface area contributed by atoms with Crippen LogP contribution in [0.15, 0.2) is 47.8 Å². The van der Waals surface area contributed by atoms with Gasteiger partial charge in [0.05, 0.1) is 0 Å². The molecule has 0 bridgehead atoms. The molecule has 0 aliphatic heterocycles. The van der Waals surface area contributed by atoms with E-state index in [2.05, 4.69) is 32.9 Å². The molecule has 1 atom stereocenters. The minimum absolute atomic E-state index is 0.00148. The van der Waals surface area contributed by atoms with Crippen LogP contribution in [0.1, 0.15) is 37.8 Å². The van der Waals surface area contributed by atoms with E-state index < -0.39 is 11.6 Å². The maximum absolute atomic E-state index is 14.8. The van der Waals surface area contributed by atoms with Crippen LogP contribution in [0.3, 0.4) is 0 Å². The van der Waals surface area contributed by atoms with Crippen molar-refractivity contribution in [1.29, 1.82) is 0 Å². The minimum Gasteiger partial charge on any atom is -0.204 e. The Hall–Kier alpha value is -2.00. The predicted octanol–water partition coefficient (Wildman–Crippen LogP) is 6.85. The topological polar surface area (TPSA) is 0 Å². The summed E-state index contributed by atoms with van der Waals surface area (Å²) in [7, 11) is 0. The summed E-state index contributed by atoms with van der Waals surface area (Å²) in [6, 6.07) is 13.3. The zero-order chi connectivity index (χ0) is 17.1. The predicted molar refractivity (Wildman–Crippen MR) is 96.4 cm³/mol. The molecule has 3 aromatic rings. The first-order chi connectivity index (χ1) is 11.4. The molecule has 122 valence electrons. The highest BCUT2D eigenvalue weighted by molar-refractivity contribution is 7.14. The van der Waals surface area contributed by atoms with E-state index >= 15 is 0 Å². The first-order valence-electron chi connectivity index (χ1n) is 8.04. The molecule has 1 heterocycles. The van der Waals surface area contributed by atoms with Crippen molar-refractivity contribution in [3.63, 3.8) is 0 Å². The molecule has 3 heteroatoms. The number of hydrogen-bond acceptors (Lipinski definition) is 1. The summed E-state index contributed by atoms with van der Waals surface area (Å²) >= 11 is 1.47. The molecule has 0 N–H and O–H groups in total. The van der Waals surface area contributed by atoms with Crippen LogP contribution in [0.25, 0.3) is 21.6 Å². The summed E-state index contributed by atoms with van der Waals surface area (Å²) in [5, 5.41) is 1.95. The summed E-state index contributed by atoms with van der Waals surface area (Å²) in [5.41, 5.74) is 4.46. The van der Waals surface area contributed by atoms with E-state index in [1.165, 1.54) is 23.0 Å². The molecule has 1 aliphatic rings. The van der Waals surface area contributed by atoms with E-state index in [1.807, 2.05) is 23.6 Å². The molecule has 0 spiro atoms. The Labute approximate surface area is 144 Å². The van der Waals surface area contributed by atoms with Gasteiger partial charge in [0.15, 0.2) is 11.6 Å². The second kappa shape index (κ2) is 5.25. The molecule has 1 aromatic heterocycles. The van der Waals surface area contributed by atoms with E-state index in [1.54, 1.807) is 6.07 Å². The zero-order valence-corrected chi connectivity index (χ0v) is 14.7. The van der Waals surface area contributed by atoms with Gasteiger partial charge in [0.2, 0.25) is 0 Å². The van der Waals surface area contributed by atoms with Crippen LogP contribution in [-0.2, 0) is 0 Å². The highest BCUT2D eigenvalue weighted by atomic mass is 32.1. The lowest BCUT2D eigenvalue weighted by Gasteiger charge is -2.33. The normalized spacial score (nSPS) is 16.1. The second-order valence-corrected chi connectivity index (χ2v) is 8.29. The first-order valence-corrected chi connectivity index (χ1v) is 8.92. The molecule has 0 fully saturated rings. The molecule has 4 rings (SSSR count). The van der Waals surface area contributed by atoms with Crippen molar-refractivity contribution < 1.29 is 8.78 Å². The second-order valence-electron chi connectivity index (χ2n) is 7.38. The van der Waals surface area contributed by atoms with Crippen LogP contribution in [-0.4, -0.2) is 0 Å². The van der Waals surface area contributed by atoms with Gasteiger partial charge >= 0.3 is 0 Å². The number of thiophene rings is 1. The molecule has 0 nitrogen and oxygen atoms in total. The third kappa shape index (κ3) is 2.15. The Morgan fingerprint density at radius 3 is 2.38 bits per heavy atom. The molecule has 1 aliphatic carbocycles. The van der Waals surface area contributed by atoms with Crippen molar-refractivity contribution in [1.82, 2.24) is 0 Å². The monoisotopic (exact) mass is 340 g/mol. The van der Waals surface area contributed by atoms with Gasteiger partial charge in [-0.3, -0.25) is 0 Å². The Kier molecular flexibility index (Phi) is 3.40. The third-order valence-corrected chi connectivity index (χ3v) is 5.69. The van der Waals surface area contributed by atoms with E-state index in [-0.39, 0.29) is 11.3 Å². The van der Waals surface area contributed by atoms with E-state index in [0.29, 0.717) is 5.56 Å². The van der Waals surface area contributed by atoms with Gasteiger partial charge in [-0.15, -0.1) is 11.3 Å². The minimum atomic E-state index is -0.785. The van der Waals surface area contributed by atoms with Gasteiger partial charge in [0.25, 0.3) is 0 Å². The smallest absolute Gasteiger partial charge is 0.167 e. The fourth-order valence-corrected chi connectivity index (χ4v) is 4.82. The summed E-state index contributed by atoms with van der Waals surface area (Å²) in [5.74, 6) is -1.52. The lowest BCUT2D eigenvalue weighted by Crippen LogP contribution is -2.20. The highest BCUT2D eigenvalue weighted by Gasteiger charge is 2.36. The van der Waals surface area contributed by atoms with Crippen molar-refractivity contribution in [3.8, 4) is 21.6 Å². The van der Waals surface area contributed by atoms with Gasteiger partial charge in [-0.2, -0.15) is 0 Å². The van der Waals surface area contributed by atoms with Gasteiger partial charge in [0, 0.05) is 21.9 Å². The molecule has 2 aromatic carbocycles. The lowest BCUT2D eigenvalue weighted by molar-refractivity contribution is 0.358. The zero-order valence-electron chi connectivity index (χ0n) is 13.9. The maximum Gasteiger partial charge on any atom is 0.167 e. The molecular formula is C21H18F2S. The molecule has 1 unspecified atom stereocenters. The Balaban J connectivity index is 2.19. The standard InChI is InChI=1S/C21H18F2S/c1-21(2,3)18-13-7-5-4-6-12(13)14-10-11-24-20(14)17-15(18)8-9-16(22)19(17)23/h4-11,18H,1-3H3. The summed E-state index contributed by atoms with van der Waals surface area (Å²) < 4.78 is 28.9. The van der Waals surface area contributed by atoms with Gasteiger partial charge in [-0.25, -0.2) is 8.78 Å². The average Bonchev–Trinajstić information content (AvgIpc) is 2.95. The Morgan fingerprint density at radius 1 is 0.875 bits per heavy atom. The maximum atomic E-state index is 14.8. The van der Waals surface area contributed by atoms with Gasteiger partial charge < -0.3 is 0 Å². The summed E-state index contributed by atoms with van der Waals surface area (Å²) in [4.78, 5) is 0.821. The third-order valence-electron chi connectivity index (χ3n) is 4.76. The van der Waals surface area contributed by atoms with Crippen molar-refractivity contribution in [3.05, 3.63) is 70.6 Å². The quantitative estimate of drug-likeness (QED) is 0.420. The average molecular weight is 340 g/mol. The van der Waals surface area contributed by atoms with Crippen LogP contribution in [0.2, 0.25) is 0 Å². The lowest BCUT2D eigenvalue weighted by atomic mass is 9.71. The van der Waals surface area contributed by atoms with Gasteiger partial charge in [0.1, 0.15) is 0 Å². The van der Waals surface area contributed by atoms with Crippen LogP contribution in [0.4, 0.5) is 8.78 Å². The highest BCUT2D eigenvalue weighted by Crippen LogP contribution is 2.53. The van der Waals surface area contributed by atoms with Gasteiger partial charge in [-0.05, 0) is 39.6 Å². The molecule has 24 heavy (non-hydrogen) atoms. The van der Waals surface area contributed by atoms with Crippen molar-refractivity contribution in [2.24, 2.45) is 5.41 Å². The Bertz CT molecular complexity index is 931. The molecule has 0 radical (unpaired) electrons. The fraction of sp³-hybridized carbons (Fsp3) is 0.238. The van der Waals surface area contributed by atoms with Crippen molar-refractivity contribution >= 4 is 11.3 Å². The van der Waals surface area contributed by atoms with E-state index in [9.17, 15) is 8.78 Å². The number of benzene rings is 2. The van der Waals surface area contributed by atoms with Crippen LogP contribution >= 0.6 is 11.3 Å². The van der Waals surface area contributed by atoms with Gasteiger partial charge in [-0.1, -0.05) is 51.1 Å². The van der Waals surface area contributed by atoms with Crippen molar-refractivity contribution in [2.75, 3.05) is 0 Å². The fourth-order valence-electron chi connectivity index (χ4n) is 3.85. The summed E-state index contributed by atoms with van der Waals surface area (Å²) in [6.45, 7) is 6.46. The molecule has 0 amide bonds. The Morgan fingerprint density at radius 2 is 1.62 bits per heavy atom. The molecule has 0 saturated heterocycles. The van der Waals surface area contributed by atoms with Crippen molar-refractivity contribution in [2.45, 2.75) is 26.7 Å². The number of fused-ring (bicyclic) bond motifs is 5. The van der Waals surface area contributed by atoms with E-state index in [4.69, 9.17) is 0 Å². The SMILES string of the molecule is CC(C)(C)C1c2ccccc2-c2ccsc2-c2c1ccc(F)c2F. The van der Waals surface area contributed by atoms with Crippen LogP contribution in [0, 0.1) is 17.0 Å².